The maximum Gasteiger partial charge on any atom is 0.118 e. The molecule has 0 radical (unpaired) electrons. The molecule has 0 aromatic heterocycles. The molecule has 3 nitrogen and oxygen atoms in total. The molecule has 1 N–H and O–H groups in total. The highest BCUT2D eigenvalue weighted by atomic mass is 15.3. The van der Waals surface area contributed by atoms with Crippen molar-refractivity contribution < 1.29 is 0 Å². The Morgan fingerprint density at radius 1 is 1.41 bits per heavy atom. The van der Waals surface area contributed by atoms with Crippen molar-refractivity contribution in [3.8, 4) is 0 Å². The van der Waals surface area contributed by atoms with Crippen LogP contribution in [0.3, 0.4) is 0 Å². The predicted octanol–water partition coefficient (Wildman–Crippen LogP) is 2.99. The normalized spacial score (nSPS) is 23.2. The van der Waals surface area contributed by atoms with E-state index in [1.54, 1.807) is 0 Å². The van der Waals surface area contributed by atoms with Crippen LogP contribution >= 0.6 is 0 Å². The highest BCUT2D eigenvalue weighted by molar-refractivity contribution is 5.88. The molecule has 1 heterocycles. The summed E-state index contributed by atoms with van der Waals surface area (Å²) in [5, 5.41) is 3.65. The van der Waals surface area contributed by atoms with Gasteiger partial charge in [-0.3, -0.25) is 10.3 Å². The van der Waals surface area contributed by atoms with Gasteiger partial charge >= 0.3 is 0 Å². The molecule has 17 heavy (non-hydrogen) atoms. The van der Waals surface area contributed by atoms with E-state index in [2.05, 4.69) is 63.1 Å². The Balaban J connectivity index is 2.61. The van der Waals surface area contributed by atoms with E-state index < -0.39 is 0 Å². The van der Waals surface area contributed by atoms with Crippen LogP contribution in [-0.2, 0) is 0 Å². The van der Waals surface area contributed by atoms with Crippen molar-refractivity contribution in [1.82, 2.24) is 10.2 Å². The van der Waals surface area contributed by atoms with Crippen LogP contribution in [0.5, 0.6) is 0 Å². The van der Waals surface area contributed by atoms with Gasteiger partial charge in [0.05, 0.1) is 11.4 Å². The second-order valence-electron chi connectivity index (χ2n) is 6.42. The molecule has 0 aliphatic carbocycles. The van der Waals surface area contributed by atoms with Crippen LogP contribution in [0, 0.1) is 5.41 Å². The molecule has 0 fully saturated rings. The van der Waals surface area contributed by atoms with Crippen LogP contribution < -0.4 is 5.32 Å². The third-order valence-electron chi connectivity index (χ3n) is 2.91. The maximum atomic E-state index is 4.54. The summed E-state index contributed by atoms with van der Waals surface area (Å²) in [5.41, 5.74) is 2.58. The smallest absolute Gasteiger partial charge is 0.118 e. The highest BCUT2D eigenvalue weighted by Gasteiger charge is 2.23. The summed E-state index contributed by atoms with van der Waals surface area (Å²) in [4.78, 5) is 6.74. The average Bonchev–Trinajstić information content (AvgIpc) is 2.08. The first-order valence-corrected chi connectivity index (χ1v) is 6.40. The number of rotatable bonds is 3. The molecule has 98 valence electrons. The first kappa shape index (κ1) is 14.2. The van der Waals surface area contributed by atoms with Crippen molar-refractivity contribution in [3.05, 3.63) is 11.9 Å². The van der Waals surface area contributed by atoms with Gasteiger partial charge in [-0.15, -0.1) is 0 Å². The minimum absolute atomic E-state index is 0.232. The Bertz CT molecular complexity index is 323. The molecule has 0 aromatic carbocycles. The van der Waals surface area contributed by atoms with E-state index in [0.717, 1.165) is 17.8 Å². The summed E-state index contributed by atoms with van der Waals surface area (Å²) in [6.07, 6.45) is 3.48. The molecular weight excluding hydrogens is 210 g/mol. The molecule has 2 atom stereocenters. The summed E-state index contributed by atoms with van der Waals surface area (Å²) >= 11 is 0. The van der Waals surface area contributed by atoms with Crippen molar-refractivity contribution in [2.45, 2.75) is 60.2 Å². The lowest BCUT2D eigenvalue weighted by molar-refractivity contribution is 0.262. The Morgan fingerprint density at radius 2 is 2.00 bits per heavy atom. The molecule has 0 aromatic rings. The molecule has 0 saturated heterocycles. The topological polar surface area (TPSA) is 27.6 Å². The third-order valence-corrected chi connectivity index (χ3v) is 2.91. The Morgan fingerprint density at radius 3 is 2.47 bits per heavy atom. The quantitative estimate of drug-likeness (QED) is 0.817. The molecule has 1 aliphatic rings. The Labute approximate surface area is 106 Å². The number of hydrogen-bond donors (Lipinski definition) is 1. The van der Waals surface area contributed by atoms with Crippen molar-refractivity contribution in [1.29, 1.82) is 0 Å². The van der Waals surface area contributed by atoms with Gasteiger partial charge in [-0.1, -0.05) is 20.8 Å². The molecule has 3 heteroatoms. The molecule has 0 spiro atoms. The number of nitrogens with one attached hydrogen (secondary N) is 1. The van der Waals surface area contributed by atoms with E-state index in [1.807, 2.05) is 6.92 Å². The van der Waals surface area contributed by atoms with Crippen LogP contribution in [0.4, 0.5) is 0 Å². The lowest BCUT2D eigenvalue weighted by atomic mass is 9.88. The highest BCUT2D eigenvalue weighted by Crippen LogP contribution is 2.21. The minimum atomic E-state index is 0.232. The Hall–Kier alpha value is -0.830. The summed E-state index contributed by atoms with van der Waals surface area (Å²) < 4.78 is 0. The SMILES string of the molecule is CC1=CN(C)C(N[C@H](C)CC(C)(C)C)C(C)=N1. The zero-order chi connectivity index (χ0) is 13.2. The van der Waals surface area contributed by atoms with Gasteiger partial charge in [0.15, 0.2) is 0 Å². The second-order valence-corrected chi connectivity index (χ2v) is 6.42. The van der Waals surface area contributed by atoms with Crippen LogP contribution in [0.1, 0.15) is 48.0 Å². The second kappa shape index (κ2) is 5.21. The van der Waals surface area contributed by atoms with Gasteiger partial charge < -0.3 is 4.90 Å². The fourth-order valence-electron chi connectivity index (χ4n) is 2.52. The first-order valence-electron chi connectivity index (χ1n) is 6.40. The standard InChI is InChI=1S/C14H27N3/c1-10(8-14(4,5)6)16-13-12(3)15-11(2)9-17(13)7/h9-10,13,16H,8H2,1-7H3/t10-,13?/m1/s1. The van der Waals surface area contributed by atoms with Crippen LogP contribution in [-0.4, -0.2) is 29.9 Å². The molecule has 0 bridgehead atoms. The summed E-state index contributed by atoms with van der Waals surface area (Å²) in [6, 6.07) is 0.486. The van der Waals surface area contributed by atoms with Crippen LogP contribution in [0.25, 0.3) is 0 Å². The lowest BCUT2D eigenvalue weighted by Crippen LogP contribution is -2.51. The monoisotopic (exact) mass is 237 g/mol. The van der Waals surface area contributed by atoms with Gasteiger partial charge in [-0.05, 0) is 32.6 Å². The maximum absolute atomic E-state index is 4.54. The molecule has 1 aliphatic heterocycles. The summed E-state index contributed by atoms with van der Waals surface area (Å²) in [5.74, 6) is 0. The van der Waals surface area contributed by atoms with Crippen molar-refractivity contribution >= 4 is 5.71 Å². The van der Waals surface area contributed by atoms with Gasteiger partial charge in [0.1, 0.15) is 6.17 Å². The van der Waals surface area contributed by atoms with Crippen molar-refractivity contribution in [2.24, 2.45) is 10.4 Å². The van der Waals surface area contributed by atoms with Gasteiger partial charge in [0, 0.05) is 19.3 Å². The van der Waals surface area contributed by atoms with E-state index in [1.165, 1.54) is 0 Å². The largest absolute Gasteiger partial charge is 0.359 e. The van der Waals surface area contributed by atoms with E-state index in [0.29, 0.717) is 11.5 Å². The van der Waals surface area contributed by atoms with Gasteiger partial charge in [-0.2, -0.15) is 0 Å². The molecule has 0 saturated carbocycles. The van der Waals surface area contributed by atoms with Crippen LogP contribution in [0.2, 0.25) is 0 Å². The lowest BCUT2D eigenvalue weighted by Gasteiger charge is -2.35. The molecule has 0 amide bonds. The minimum Gasteiger partial charge on any atom is -0.359 e. The summed E-state index contributed by atoms with van der Waals surface area (Å²) in [6.45, 7) is 13.2. The van der Waals surface area contributed by atoms with E-state index in [-0.39, 0.29) is 6.17 Å². The van der Waals surface area contributed by atoms with Crippen molar-refractivity contribution in [2.75, 3.05) is 7.05 Å². The molecule has 1 rings (SSSR count). The van der Waals surface area contributed by atoms with E-state index in [9.17, 15) is 0 Å². The van der Waals surface area contributed by atoms with Crippen molar-refractivity contribution in [3.63, 3.8) is 0 Å². The van der Waals surface area contributed by atoms with Gasteiger partial charge in [-0.25, -0.2) is 0 Å². The zero-order valence-electron chi connectivity index (χ0n) is 12.3. The number of hydrogen-bond acceptors (Lipinski definition) is 3. The van der Waals surface area contributed by atoms with E-state index >= 15 is 0 Å². The predicted molar refractivity (Wildman–Crippen MR) is 75.1 cm³/mol. The average molecular weight is 237 g/mol. The van der Waals surface area contributed by atoms with Crippen LogP contribution in [0.15, 0.2) is 16.9 Å². The molecular formula is C14H27N3. The Kier molecular flexibility index (Phi) is 4.36. The third kappa shape index (κ3) is 4.50. The molecule has 1 unspecified atom stereocenters. The fraction of sp³-hybridized carbons (Fsp3) is 0.786. The summed E-state index contributed by atoms with van der Waals surface area (Å²) in [7, 11) is 2.10. The number of nitrogens with zero attached hydrogens (tertiary/aromatic N) is 2. The first-order chi connectivity index (χ1) is 7.69. The zero-order valence-corrected chi connectivity index (χ0v) is 12.3. The van der Waals surface area contributed by atoms with Gasteiger partial charge in [0.2, 0.25) is 0 Å². The number of aliphatic imine (C=N–C) groups is 1. The number of allylic oxidation sites excluding steroid dienone is 1. The fourth-order valence-corrected chi connectivity index (χ4v) is 2.52. The van der Waals surface area contributed by atoms with Gasteiger partial charge in [0.25, 0.3) is 0 Å². The van der Waals surface area contributed by atoms with E-state index in [4.69, 9.17) is 0 Å².